The Morgan fingerprint density at radius 2 is 2.00 bits per heavy atom. The Labute approximate surface area is 120 Å². The topological polar surface area (TPSA) is 54.5 Å². The lowest BCUT2D eigenvalue weighted by Crippen LogP contribution is -2.27. The summed E-state index contributed by atoms with van der Waals surface area (Å²) in [4.78, 5) is 12.7. The Bertz CT molecular complexity index is 652. The van der Waals surface area contributed by atoms with E-state index in [0.717, 1.165) is 17.0 Å². The van der Waals surface area contributed by atoms with Crippen LogP contribution in [0.1, 0.15) is 6.42 Å². The Balaban J connectivity index is 2.39. The first-order valence-corrected chi connectivity index (χ1v) is 8.25. The van der Waals surface area contributed by atoms with Gasteiger partial charge in [0.2, 0.25) is 15.0 Å². The first-order valence-electron chi connectivity index (χ1n) is 5.09. The highest BCUT2D eigenvalue weighted by atomic mass is 79.9. The number of carbonyl (C=O) groups is 1. The second kappa shape index (κ2) is 4.99. The molecule has 0 aliphatic carbocycles. The van der Waals surface area contributed by atoms with Crippen LogP contribution in [0.15, 0.2) is 16.6 Å². The molecule has 1 atom stereocenters. The molecule has 1 aliphatic heterocycles. The molecule has 1 fully saturated rings. The van der Waals surface area contributed by atoms with Gasteiger partial charge in [0.1, 0.15) is 11.1 Å². The van der Waals surface area contributed by atoms with Gasteiger partial charge in [-0.3, -0.25) is 4.79 Å². The van der Waals surface area contributed by atoms with Crippen LogP contribution in [-0.4, -0.2) is 26.1 Å². The van der Waals surface area contributed by atoms with Gasteiger partial charge in [-0.05, 0) is 28.1 Å². The van der Waals surface area contributed by atoms with E-state index in [1.165, 1.54) is 0 Å². The molecule has 4 nitrogen and oxygen atoms in total. The van der Waals surface area contributed by atoms with E-state index >= 15 is 0 Å². The molecule has 0 radical (unpaired) electrons. The van der Waals surface area contributed by atoms with Gasteiger partial charge in [-0.1, -0.05) is 0 Å². The zero-order chi connectivity index (χ0) is 14.4. The van der Waals surface area contributed by atoms with Crippen molar-refractivity contribution < 1.29 is 22.0 Å². The van der Waals surface area contributed by atoms with Crippen molar-refractivity contribution in [3.63, 3.8) is 0 Å². The van der Waals surface area contributed by atoms with Gasteiger partial charge >= 0.3 is 0 Å². The van der Waals surface area contributed by atoms with Crippen LogP contribution < -0.4 is 4.90 Å². The number of hydrogen-bond acceptors (Lipinski definition) is 3. The van der Waals surface area contributed by atoms with Gasteiger partial charge < -0.3 is 4.90 Å². The third-order valence-electron chi connectivity index (χ3n) is 2.79. The fourth-order valence-electron chi connectivity index (χ4n) is 1.82. The largest absolute Gasteiger partial charge is 0.308 e. The Morgan fingerprint density at radius 1 is 1.37 bits per heavy atom. The molecule has 9 heteroatoms. The predicted molar refractivity (Wildman–Crippen MR) is 69.6 cm³/mol. The summed E-state index contributed by atoms with van der Waals surface area (Å²) in [6, 6.07) is 2.06. The van der Waals surface area contributed by atoms with E-state index < -0.39 is 36.3 Å². The van der Waals surface area contributed by atoms with Crippen molar-refractivity contribution >= 4 is 47.3 Å². The molecule has 0 aromatic heterocycles. The van der Waals surface area contributed by atoms with Crippen molar-refractivity contribution in [3.8, 4) is 0 Å². The number of nitrogens with zero attached hydrogens (tertiary/aromatic N) is 1. The number of carbonyl (C=O) groups excluding carboxylic acids is 1. The van der Waals surface area contributed by atoms with Gasteiger partial charge in [-0.25, -0.2) is 17.2 Å². The van der Waals surface area contributed by atoms with Crippen LogP contribution in [0, 0.1) is 11.6 Å². The molecule has 0 bridgehead atoms. The number of anilines is 1. The van der Waals surface area contributed by atoms with Crippen LogP contribution in [0.5, 0.6) is 0 Å². The SMILES string of the molecule is O=C1CC(S(=O)(=O)Cl)CN1c1ccc(F)c(Br)c1F. The second-order valence-corrected chi connectivity index (χ2v) is 7.70. The minimum absolute atomic E-state index is 0.180. The van der Waals surface area contributed by atoms with Crippen molar-refractivity contribution in [3.05, 3.63) is 28.2 Å². The van der Waals surface area contributed by atoms with Gasteiger partial charge in [0, 0.05) is 23.6 Å². The number of halogens is 4. The van der Waals surface area contributed by atoms with E-state index in [-0.39, 0.29) is 18.7 Å². The lowest BCUT2D eigenvalue weighted by atomic mass is 10.2. The van der Waals surface area contributed by atoms with Gasteiger partial charge in [-0.15, -0.1) is 0 Å². The van der Waals surface area contributed by atoms with Crippen LogP contribution >= 0.6 is 26.6 Å². The van der Waals surface area contributed by atoms with Gasteiger partial charge in [-0.2, -0.15) is 0 Å². The van der Waals surface area contributed by atoms with Crippen LogP contribution in [0.25, 0.3) is 0 Å². The van der Waals surface area contributed by atoms with Gasteiger partial charge in [0.05, 0.1) is 10.2 Å². The number of rotatable bonds is 2. The molecule has 2 rings (SSSR count). The Hall–Kier alpha value is -0.730. The highest BCUT2D eigenvalue weighted by molar-refractivity contribution is 9.10. The third-order valence-corrected chi connectivity index (χ3v) is 5.39. The summed E-state index contributed by atoms with van der Waals surface area (Å²) < 4.78 is 48.9. The van der Waals surface area contributed by atoms with E-state index in [4.69, 9.17) is 10.7 Å². The van der Waals surface area contributed by atoms with Crippen LogP contribution in [0.4, 0.5) is 14.5 Å². The number of benzene rings is 1. The molecule has 104 valence electrons. The summed E-state index contributed by atoms with van der Waals surface area (Å²) in [5, 5.41) is -1.09. The maximum Gasteiger partial charge on any atom is 0.237 e. The van der Waals surface area contributed by atoms with Gasteiger partial charge in [0.25, 0.3) is 0 Å². The monoisotopic (exact) mass is 373 g/mol. The summed E-state index contributed by atoms with van der Waals surface area (Å²) in [6.07, 6.45) is -0.319. The number of amides is 1. The molecule has 0 N–H and O–H groups in total. The highest BCUT2D eigenvalue weighted by Crippen LogP contribution is 2.32. The van der Waals surface area contributed by atoms with Gasteiger partial charge in [0.15, 0.2) is 5.82 Å². The lowest BCUT2D eigenvalue weighted by molar-refractivity contribution is -0.117. The molecule has 1 aliphatic rings. The summed E-state index contributed by atoms with van der Waals surface area (Å²) in [5.41, 5.74) is -0.180. The smallest absolute Gasteiger partial charge is 0.237 e. The second-order valence-electron chi connectivity index (χ2n) is 4.00. The summed E-state index contributed by atoms with van der Waals surface area (Å²) in [6.45, 7) is -0.250. The first kappa shape index (κ1) is 14.7. The molecule has 1 unspecified atom stereocenters. The van der Waals surface area contributed by atoms with Crippen molar-refractivity contribution in [2.75, 3.05) is 11.4 Å². The minimum Gasteiger partial charge on any atom is -0.308 e. The maximum absolute atomic E-state index is 13.8. The summed E-state index contributed by atoms with van der Waals surface area (Å²) in [5.74, 6) is -2.35. The predicted octanol–water partition coefficient (Wildman–Crippen LogP) is 2.40. The molecule has 1 saturated heterocycles. The fraction of sp³-hybridized carbons (Fsp3) is 0.300. The quantitative estimate of drug-likeness (QED) is 0.590. The number of hydrogen-bond donors (Lipinski definition) is 0. The van der Waals surface area contributed by atoms with E-state index in [1.807, 2.05) is 0 Å². The lowest BCUT2D eigenvalue weighted by Gasteiger charge is -2.17. The molecular formula is C10H7BrClF2NO3S. The maximum atomic E-state index is 13.8. The van der Waals surface area contributed by atoms with Crippen LogP contribution in [0.3, 0.4) is 0 Å². The minimum atomic E-state index is -3.91. The molecule has 1 aromatic carbocycles. The standard InChI is InChI=1S/C10H7BrClF2NO3S/c11-9-6(13)1-2-7(10(9)14)15-4-5(3-8(15)16)19(12,17)18/h1-2,5H,3-4H2. The first-order chi connectivity index (χ1) is 8.71. The summed E-state index contributed by atoms with van der Waals surface area (Å²) in [7, 11) is 1.28. The van der Waals surface area contributed by atoms with E-state index in [0.29, 0.717) is 0 Å². The molecule has 0 spiro atoms. The van der Waals surface area contributed by atoms with Crippen molar-refractivity contribution in [2.45, 2.75) is 11.7 Å². The average molecular weight is 375 g/mol. The van der Waals surface area contributed by atoms with E-state index in [2.05, 4.69) is 15.9 Å². The summed E-state index contributed by atoms with van der Waals surface area (Å²) >= 11 is 2.72. The van der Waals surface area contributed by atoms with E-state index in [1.54, 1.807) is 0 Å². The van der Waals surface area contributed by atoms with E-state index in [9.17, 15) is 22.0 Å². The Kier molecular flexibility index (Phi) is 3.85. The Morgan fingerprint density at radius 3 is 2.53 bits per heavy atom. The molecule has 1 amide bonds. The zero-order valence-corrected chi connectivity index (χ0v) is 12.4. The van der Waals surface area contributed by atoms with Crippen molar-refractivity contribution in [1.29, 1.82) is 0 Å². The molecule has 19 heavy (non-hydrogen) atoms. The molecular weight excluding hydrogens is 368 g/mol. The molecule has 1 heterocycles. The highest BCUT2D eigenvalue weighted by Gasteiger charge is 2.39. The fourth-order valence-corrected chi connectivity index (χ4v) is 3.18. The molecule has 0 saturated carbocycles. The van der Waals surface area contributed by atoms with Crippen LogP contribution in [-0.2, 0) is 13.8 Å². The van der Waals surface area contributed by atoms with Crippen molar-refractivity contribution in [2.24, 2.45) is 0 Å². The third kappa shape index (κ3) is 2.75. The zero-order valence-electron chi connectivity index (χ0n) is 9.24. The molecule has 1 aromatic rings. The van der Waals surface area contributed by atoms with Crippen molar-refractivity contribution in [1.82, 2.24) is 0 Å². The normalized spacial score (nSPS) is 20.1. The average Bonchev–Trinajstić information content (AvgIpc) is 2.68. The van der Waals surface area contributed by atoms with Crippen LogP contribution in [0.2, 0.25) is 0 Å².